The summed E-state index contributed by atoms with van der Waals surface area (Å²) in [5.74, 6) is 0.685. The third-order valence-electron chi connectivity index (χ3n) is 4.40. The van der Waals surface area contributed by atoms with Crippen molar-refractivity contribution in [1.29, 1.82) is 0 Å². The Hall–Kier alpha value is -2.53. The highest BCUT2D eigenvalue weighted by Gasteiger charge is 2.21. The van der Waals surface area contributed by atoms with Crippen molar-refractivity contribution in [3.05, 3.63) is 69.5 Å². The number of hydrogen-bond donors (Lipinski definition) is 1. The molecule has 0 aliphatic carbocycles. The van der Waals surface area contributed by atoms with Gasteiger partial charge in [-0.25, -0.2) is 4.98 Å². The number of fused-ring (bicyclic) bond motifs is 2. The average molecular weight is 306 g/mol. The van der Waals surface area contributed by atoms with Crippen LogP contribution < -0.4 is 5.56 Å². The van der Waals surface area contributed by atoms with Gasteiger partial charge in [-0.1, -0.05) is 18.2 Å². The van der Waals surface area contributed by atoms with E-state index in [1.807, 2.05) is 31.3 Å². The second kappa shape index (κ2) is 5.59. The maximum Gasteiger partial charge on any atom is 0.254 e. The fourth-order valence-electron chi connectivity index (χ4n) is 3.29. The summed E-state index contributed by atoms with van der Waals surface area (Å²) in [6.07, 6.45) is 2.61. The van der Waals surface area contributed by atoms with Gasteiger partial charge in [0.1, 0.15) is 5.82 Å². The van der Waals surface area contributed by atoms with E-state index in [2.05, 4.69) is 32.0 Å². The first-order valence-corrected chi connectivity index (χ1v) is 7.84. The van der Waals surface area contributed by atoms with Gasteiger partial charge in [0.25, 0.3) is 5.56 Å². The van der Waals surface area contributed by atoms with Gasteiger partial charge < -0.3 is 4.98 Å². The van der Waals surface area contributed by atoms with Crippen LogP contribution in [0.3, 0.4) is 0 Å². The molecule has 1 aromatic carbocycles. The first kappa shape index (κ1) is 14.1. The highest BCUT2D eigenvalue weighted by atomic mass is 16.1. The van der Waals surface area contributed by atoms with Gasteiger partial charge in [0.2, 0.25) is 0 Å². The molecule has 0 unspecified atom stereocenters. The van der Waals surface area contributed by atoms with Gasteiger partial charge in [-0.15, -0.1) is 0 Å². The van der Waals surface area contributed by atoms with Gasteiger partial charge in [-0.3, -0.25) is 14.7 Å². The van der Waals surface area contributed by atoms with Gasteiger partial charge >= 0.3 is 0 Å². The van der Waals surface area contributed by atoms with Crippen LogP contribution in [-0.2, 0) is 19.5 Å². The third-order valence-corrected chi connectivity index (χ3v) is 4.40. The van der Waals surface area contributed by atoms with Gasteiger partial charge in [-0.2, -0.15) is 0 Å². The maximum atomic E-state index is 12.0. The Morgan fingerprint density at radius 3 is 3.04 bits per heavy atom. The minimum atomic E-state index is 0.0153. The van der Waals surface area contributed by atoms with Crippen molar-refractivity contribution in [2.24, 2.45) is 0 Å². The molecule has 3 aromatic rings. The predicted molar refractivity (Wildman–Crippen MR) is 89.2 cm³/mol. The molecule has 0 fully saturated rings. The first-order valence-electron chi connectivity index (χ1n) is 7.84. The quantitative estimate of drug-likeness (QED) is 0.788. The molecular weight excluding hydrogens is 288 g/mol. The Labute approximate surface area is 134 Å². The molecule has 0 atom stereocenters. The number of benzene rings is 1. The molecule has 3 heterocycles. The number of nitrogens with zero attached hydrogens (tertiary/aromatic N) is 3. The lowest BCUT2D eigenvalue weighted by atomic mass is 10.0. The first-order chi connectivity index (χ1) is 11.2. The second-order valence-corrected chi connectivity index (χ2v) is 6.02. The molecule has 4 rings (SSSR count). The van der Waals surface area contributed by atoms with Gasteiger partial charge in [-0.05, 0) is 31.0 Å². The number of rotatable bonds is 2. The van der Waals surface area contributed by atoms with E-state index in [1.54, 1.807) is 0 Å². The number of hydrogen-bond acceptors (Lipinski definition) is 4. The molecular formula is C18H18N4O. The van der Waals surface area contributed by atoms with Crippen LogP contribution in [0.4, 0.5) is 0 Å². The largest absolute Gasteiger partial charge is 0.311 e. The zero-order valence-corrected chi connectivity index (χ0v) is 13.0. The van der Waals surface area contributed by atoms with Crippen molar-refractivity contribution in [3.63, 3.8) is 0 Å². The van der Waals surface area contributed by atoms with Crippen molar-refractivity contribution in [3.8, 4) is 0 Å². The number of aromatic nitrogens is 3. The molecule has 1 N–H and O–H groups in total. The van der Waals surface area contributed by atoms with Crippen LogP contribution in [0.5, 0.6) is 0 Å². The number of H-pyrrole nitrogens is 1. The van der Waals surface area contributed by atoms with Gasteiger partial charge in [0.15, 0.2) is 0 Å². The Bertz CT molecular complexity index is 926. The molecule has 0 radical (unpaired) electrons. The summed E-state index contributed by atoms with van der Waals surface area (Å²) in [7, 11) is 0. The lowest BCUT2D eigenvalue weighted by molar-refractivity contribution is 0.241. The molecule has 2 aromatic heterocycles. The van der Waals surface area contributed by atoms with E-state index in [0.29, 0.717) is 5.82 Å². The zero-order chi connectivity index (χ0) is 15.8. The Morgan fingerprint density at radius 2 is 2.13 bits per heavy atom. The summed E-state index contributed by atoms with van der Waals surface area (Å²) in [6, 6.07) is 10.3. The maximum absolute atomic E-state index is 12.0. The Kier molecular flexibility index (Phi) is 3.42. The van der Waals surface area contributed by atoms with Crippen molar-refractivity contribution in [2.45, 2.75) is 26.4 Å². The molecule has 0 amide bonds. The van der Waals surface area contributed by atoms with Crippen molar-refractivity contribution < 1.29 is 0 Å². The van der Waals surface area contributed by atoms with Gasteiger partial charge in [0, 0.05) is 36.8 Å². The Morgan fingerprint density at radius 1 is 1.26 bits per heavy atom. The molecule has 23 heavy (non-hydrogen) atoms. The molecule has 0 saturated carbocycles. The number of aromatic amines is 1. The van der Waals surface area contributed by atoms with E-state index in [-0.39, 0.29) is 5.56 Å². The standard InChI is InChI=1S/C18H18N4O/c1-12-20-17-11-22(9-7-15(17)18(23)21-12)10-13-6-8-19-16-5-3-2-4-14(13)16/h2-6,8H,7,9-11H2,1H3,(H,20,21,23). The molecule has 5 nitrogen and oxygen atoms in total. The topological polar surface area (TPSA) is 61.9 Å². The monoisotopic (exact) mass is 306 g/mol. The number of pyridine rings is 1. The summed E-state index contributed by atoms with van der Waals surface area (Å²) in [5.41, 5.74) is 4.05. The summed E-state index contributed by atoms with van der Waals surface area (Å²) < 4.78 is 0. The molecule has 116 valence electrons. The fourth-order valence-corrected chi connectivity index (χ4v) is 3.29. The highest BCUT2D eigenvalue weighted by Crippen LogP contribution is 2.21. The Balaban J connectivity index is 1.64. The fraction of sp³-hybridized carbons (Fsp3) is 0.278. The van der Waals surface area contributed by atoms with E-state index >= 15 is 0 Å². The van der Waals surface area contributed by atoms with Crippen molar-refractivity contribution in [2.75, 3.05) is 6.54 Å². The summed E-state index contributed by atoms with van der Waals surface area (Å²) in [6.45, 7) is 4.27. The lowest BCUT2D eigenvalue weighted by Gasteiger charge is -2.27. The van der Waals surface area contributed by atoms with Crippen molar-refractivity contribution >= 4 is 10.9 Å². The SMILES string of the molecule is Cc1nc2c(c(=O)[nH]1)CCN(Cc1ccnc3ccccc13)C2. The van der Waals surface area contributed by atoms with Crippen LogP contribution in [0.15, 0.2) is 41.3 Å². The molecule has 0 saturated heterocycles. The summed E-state index contributed by atoms with van der Waals surface area (Å²) in [4.78, 5) is 26.1. The third kappa shape index (κ3) is 2.64. The lowest BCUT2D eigenvalue weighted by Crippen LogP contribution is -2.35. The second-order valence-electron chi connectivity index (χ2n) is 6.02. The van der Waals surface area contributed by atoms with Crippen LogP contribution in [0.25, 0.3) is 10.9 Å². The molecule has 0 spiro atoms. The number of para-hydroxylation sites is 1. The number of aryl methyl sites for hydroxylation is 1. The minimum absolute atomic E-state index is 0.0153. The van der Waals surface area contributed by atoms with E-state index in [0.717, 1.165) is 42.8 Å². The molecule has 1 aliphatic rings. The van der Waals surface area contributed by atoms with Crippen LogP contribution in [0.2, 0.25) is 0 Å². The molecule has 5 heteroatoms. The smallest absolute Gasteiger partial charge is 0.254 e. The molecule has 1 aliphatic heterocycles. The summed E-state index contributed by atoms with van der Waals surface area (Å²) in [5, 5.41) is 1.19. The predicted octanol–water partition coefficient (Wildman–Crippen LogP) is 2.18. The van der Waals surface area contributed by atoms with E-state index in [1.165, 1.54) is 10.9 Å². The van der Waals surface area contributed by atoms with E-state index in [4.69, 9.17) is 0 Å². The van der Waals surface area contributed by atoms with Crippen molar-refractivity contribution in [1.82, 2.24) is 19.9 Å². The van der Waals surface area contributed by atoms with E-state index < -0.39 is 0 Å². The summed E-state index contributed by atoms with van der Waals surface area (Å²) >= 11 is 0. The molecule has 0 bridgehead atoms. The minimum Gasteiger partial charge on any atom is -0.311 e. The normalized spacial score (nSPS) is 14.8. The average Bonchev–Trinajstić information content (AvgIpc) is 2.55. The number of nitrogens with one attached hydrogen (secondary N) is 1. The van der Waals surface area contributed by atoms with Crippen LogP contribution in [0.1, 0.15) is 22.6 Å². The van der Waals surface area contributed by atoms with Gasteiger partial charge in [0.05, 0.1) is 11.2 Å². The zero-order valence-electron chi connectivity index (χ0n) is 13.0. The van der Waals surface area contributed by atoms with Crippen LogP contribution in [-0.4, -0.2) is 26.4 Å². The van der Waals surface area contributed by atoms with Crippen LogP contribution >= 0.6 is 0 Å². The van der Waals surface area contributed by atoms with Crippen LogP contribution in [0, 0.1) is 6.92 Å². The highest BCUT2D eigenvalue weighted by molar-refractivity contribution is 5.81. The van der Waals surface area contributed by atoms with E-state index in [9.17, 15) is 4.79 Å².